The maximum Gasteiger partial charge on any atom is 0.319 e. The lowest BCUT2D eigenvalue weighted by Crippen LogP contribution is -2.30. The monoisotopic (exact) mass is 481 g/mol. The quantitative estimate of drug-likeness (QED) is 0.358. The summed E-state index contributed by atoms with van der Waals surface area (Å²) in [7, 11) is 1.78. The predicted octanol–water partition coefficient (Wildman–Crippen LogP) is 6.07. The van der Waals surface area contributed by atoms with E-state index < -0.39 is 17.8 Å². The zero-order chi connectivity index (χ0) is 23.5. The Labute approximate surface area is 196 Å². The van der Waals surface area contributed by atoms with Crippen molar-refractivity contribution in [3.05, 3.63) is 47.5 Å². The van der Waals surface area contributed by atoms with Crippen molar-refractivity contribution in [2.45, 2.75) is 39.5 Å². The molecule has 1 aromatic carbocycles. The fourth-order valence-electron chi connectivity index (χ4n) is 3.40. The molecular formula is C23H27ClF3N5O. The van der Waals surface area contributed by atoms with Crippen molar-refractivity contribution in [1.82, 2.24) is 15.3 Å². The molecule has 0 spiro atoms. The first kappa shape index (κ1) is 26.2. The van der Waals surface area contributed by atoms with Crippen molar-refractivity contribution in [1.29, 1.82) is 0 Å². The number of hydrogen-bond acceptors (Lipinski definition) is 4. The maximum atomic E-state index is 14.5. The number of amides is 2. The van der Waals surface area contributed by atoms with Crippen LogP contribution in [0.1, 0.15) is 31.0 Å². The van der Waals surface area contributed by atoms with Crippen molar-refractivity contribution < 1.29 is 18.0 Å². The Balaban J connectivity index is 0.00000385. The van der Waals surface area contributed by atoms with Crippen molar-refractivity contribution in [3.63, 3.8) is 0 Å². The van der Waals surface area contributed by atoms with Gasteiger partial charge in [-0.2, -0.15) is 0 Å². The average Bonchev–Trinajstić information content (AvgIpc) is 2.72. The van der Waals surface area contributed by atoms with Gasteiger partial charge in [0.15, 0.2) is 0 Å². The van der Waals surface area contributed by atoms with E-state index >= 15 is 0 Å². The van der Waals surface area contributed by atoms with E-state index in [-0.39, 0.29) is 37.5 Å². The van der Waals surface area contributed by atoms with E-state index in [0.29, 0.717) is 11.4 Å². The number of hydrogen-bond donors (Lipinski definition) is 3. The maximum absolute atomic E-state index is 14.5. The van der Waals surface area contributed by atoms with E-state index in [1.807, 2.05) is 19.1 Å². The molecule has 2 amide bonds. The number of pyridine rings is 2. The summed E-state index contributed by atoms with van der Waals surface area (Å²) < 4.78 is 40.2. The number of aromatic nitrogens is 2. The lowest BCUT2D eigenvalue weighted by atomic mass is 9.97. The highest BCUT2D eigenvalue weighted by Gasteiger charge is 2.20. The third-order valence-corrected chi connectivity index (χ3v) is 5.08. The molecule has 3 N–H and O–H groups in total. The second kappa shape index (κ2) is 10.7. The number of carbonyl (C=O) groups is 1. The third-order valence-electron chi connectivity index (χ3n) is 5.08. The van der Waals surface area contributed by atoms with E-state index in [1.165, 1.54) is 6.07 Å². The van der Waals surface area contributed by atoms with Gasteiger partial charge in [0.25, 0.3) is 0 Å². The molecular weight excluding hydrogens is 455 g/mol. The van der Waals surface area contributed by atoms with Gasteiger partial charge in [-0.25, -0.2) is 22.9 Å². The number of rotatable bonds is 7. The van der Waals surface area contributed by atoms with Crippen LogP contribution in [-0.4, -0.2) is 35.5 Å². The molecule has 2 aromatic heterocycles. The van der Waals surface area contributed by atoms with Gasteiger partial charge >= 0.3 is 6.03 Å². The van der Waals surface area contributed by atoms with Crippen molar-refractivity contribution in [2.75, 3.05) is 24.2 Å². The van der Waals surface area contributed by atoms with Gasteiger partial charge in [0.05, 0.1) is 11.2 Å². The largest absolute Gasteiger partial charge is 0.373 e. The molecule has 0 bridgehead atoms. The molecule has 0 saturated carbocycles. The summed E-state index contributed by atoms with van der Waals surface area (Å²) in [5.74, 6) is -2.67. The first-order chi connectivity index (χ1) is 15.1. The van der Waals surface area contributed by atoms with E-state index in [1.54, 1.807) is 26.2 Å². The highest BCUT2D eigenvalue weighted by molar-refractivity contribution is 5.92. The van der Waals surface area contributed by atoms with Crippen LogP contribution in [0, 0.1) is 19.7 Å². The van der Waals surface area contributed by atoms with Gasteiger partial charge in [-0.15, -0.1) is 12.4 Å². The summed E-state index contributed by atoms with van der Waals surface area (Å²) in [4.78, 5) is 21.1. The molecule has 3 rings (SSSR count). The predicted molar refractivity (Wildman–Crippen MR) is 128 cm³/mol. The Morgan fingerprint density at radius 1 is 1.12 bits per heavy atom. The third kappa shape index (κ3) is 6.71. The molecule has 0 aliphatic rings. The van der Waals surface area contributed by atoms with Gasteiger partial charge in [-0.1, -0.05) is 0 Å². The first-order valence-corrected chi connectivity index (χ1v) is 10.3. The summed E-state index contributed by atoms with van der Waals surface area (Å²) in [5, 5.41) is 8.74. The fourth-order valence-corrected chi connectivity index (χ4v) is 3.40. The summed E-state index contributed by atoms with van der Waals surface area (Å²) in [6.45, 7) is 4.53. The number of aryl methyl sites for hydroxylation is 2. The fraction of sp³-hybridized carbons (Fsp3) is 0.348. The normalized spacial score (nSPS) is 11.1. The van der Waals surface area contributed by atoms with Crippen molar-refractivity contribution in [2.24, 2.45) is 0 Å². The van der Waals surface area contributed by atoms with Crippen LogP contribution in [0.3, 0.4) is 0 Å². The van der Waals surface area contributed by atoms with Crippen LogP contribution in [0.5, 0.6) is 0 Å². The highest BCUT2D eigenvalue weighted by atomic mass is 35.5. The van der Waals surface area contributed by atoms with Crippen molar-refractivity contribution >= 4 is 40.8 Å². The summed E-state index contributed by atoms with van der Waals surface area (Å²) in [5.41, 5.74) is 3.71. The number of carbonyl (C=O) groups excluding carboxylic acids is 1. The molecule has 178 valence electrons. The van der Waals surface area contributed by atoms with Crippen LogP contribution in [0.2, 0.25) is 0 Å². The van der Waals surface area contributed by atoms with Gasteiger partial charge in [0, 0.05) is 48.9 Å². The van der Waals surface area contributed by atoms with E-state index in [9.17, 15) is 18.0 Å². The van der Waals surface area contributed by atoms with Gasteiger partial charge in [-0.05, 0) is 56.5 Å². The van der Waals surface area contributed by atoms with Crippen LogP contribution in [0.15, 0.2) is 30.5 Å². The molecule has 0 fully saturated rings. The lowest BCUT2D eigenvalue weighted by Gasteiger charge is -2.15. The number of urea groups is 1. The Kier molecular flexibility index (Phi) is 8.49. The Hall–Kier alpha value is -3.07. The minimum atomic E-state index is -2.79. The molecule has 0 aliphatic carbocycles. The van der Waals surface area contributed by atoms with Gasteiger partial charge in [-0.3, -0.25) is 4.98 Å². The van der Waals surface area contributed by atoms with Gasteiger partial charge < -0.3 is 16.0 Å². The van der Waals surface area contributed by atoms with Gasteiger partial charge in [0.2, 0.25) is 5.92 Å². The van der Waals surface area contributed by atoms with E-state index in [2.05, 4.69) is 25.9 Å². The topological polar surface area (TPSA) is 78.9 Å². The van der Waals surface area contributed by atoms with E-state index in [4.69, 9.17) is 0 Å². The molecule has 0 atom stereocenters. The second-order valence-corrected chi connectivity index (χ2v) is 7.84. The number of fused-ring (bicyclic) bond motifs is 1. The molecule has 0 unspecified atom stereocenters. The number of nitrogens with one attached hydrogen (secondary N) is 3. The van der Waals surface area contributed by atoms with Crippen LogP contribution >= 0.6 is 12.4 Å². The second-order valence-electron chi connectivity index (χ2n) is 7.84. The molecule has 3 aromatic rings. The standard InChI is InChI=1S/C23H26F3N5O.ClH/c1-13-8-18(24)20(31-22(32)28-7-5-6-23(3,25)26)10-16(13)17-9-15-12-29-21(27-4)11-19(15)30-14(17)2;/h8-12H,5-7H2,1-4H3,(H,27,29)(H2,28,31,32);1H. The Morgan fingerprint density at radius 2 is 1.85 bits per heavy atom. The number of benzene rings is 1. The smallest absolute Gasteiger partial charge is 0.319 e. The van der Waals surface area contributed by atoms with Crippen molar-refractivity contribution in [3.8, 4) is 11.1 Å². The molecule has 2 heterocycles. The summed E-state index contributed by atoms with van der Waals surface area (Å²) in [6.07, 6.45) is 1.49. The highest BCUT2D eigenvalue weighted by Crippen LogP contribution is 2.32. The minimum absolute atomic E-state index is 0. The Morgan fingerprint density at radius 3 is 2.52 bits per heavy atom. The van der Waals surface area contributed by atoms with Gasteiger partial charge in [0.1, 0.15) is 11.6 Å². The first-order valence-electron chi connectivity index (χ1n) is 10.3. The molecule has 0 saturated heterocycles. The zero-order valence-corrected chi connectivity index (χ0v) is 19.7. The van der Waals surface area contributed by atoms with Crippen LogP contribution in [0.25, 0.3) is 22.0 Å². The number of anilines is 2. The minimum Gasteiger partial charge on any atom is -0.373 e. The SMILES string of the molecule is CNc1cc2nc(C)c(-c3cc(NC(=O)NCCCC(C)(F)F)c(F)cc3C)cc2cn1.Cl. The number of alkyl halides is 2. The van der Waals surface area contributed by atoms with Crippen LogP contribution in [-0.2, 0) is 0 Å². The summed E-state index contributed by atoms with van der Waals surface area (Å²) >= 11 is 0. The molecule has 10 heteroatoms. The van der Waals surface area contributed by atoms with Crippen LogP contribution in [0.4, 0.5) is 29.5 Å². The lowest BCUT2D eigenvalue weighted by molar-refractivity contribution is 0.0112. The number of nitrogens with zero attached hydrogens (tertiary/aromatic N) is 2. The summed E-state index contributed by atoms with van der Waals surface area (Å²) in [6, 6.07) is 6.01. The average molecular weight is 482 g/mol. The number of halogens is 4. The molecule has 6 nitrogen and oxygen atoms in total. The van der Waals surface area contributed by atoms with Crippen LogP contribution < -0.4 is 16.0 Å². The van der Waals surface area contributed by atoms with E-state index in [0.717, 1.165) is 34.6 Å². The molecule has 33 heavy (non-hydrogen) atoms. The molecule has 0 aliphatic heterocycles. The Bertz CT molecular complexity index is 1150. The zero-order valence-electron chi connectivity index (χ0n) is 18.9. The molecule has 0 radical (unpaired) electrons.